The Kier molecular flexibility index (Phi) is 2.98. The average Bonchev–Trinajstić information content (AvgIpc) is 3.18. The van der Waals surface area contributed by atoms with E-state index in [1.165, 1.54) is 12.1 Å². The minimum Gasteiger partial charge on any atom is -0.481 e. The van der Waals surface area contributed by atoms with Crippen LogP contribution in [0.3, 0.4) is 0 Å². The number of amides is 1. The van der Waals surface area contributed by atoms with E-state index in [2.05, 4.69) is 4.98 Å². The molecule has 1 saturated carbocycles. The van der Waals surface area contributed by atoms with E-state index in [0.717, 1.165) is 12.8 Å². The van der Waals surface area contributed by atoms with Crippen LogP contribution in [-0.4, -0.2) is 40.0 Å². The number of nitrogens with one attached hydrogen (secondary N) is 1. The molecule has 2 aliphatic rings. The van der Waals surface area contributed by atoms with Gasteiger partial charge in [-0.1, -0.05) is 12.5 Å². The number of hydrogen-bond acceptors (Lipinski definition) is 2. The van der Waals surface area contributed by atoms with Gasteiger partial charge in [0.2, 0.25) is 0 Å². The summed E-state index contributed by atoms with van der Waals surface area (Å²) >= 11 is 0. The quantitative estimate of drug-likeness (QED) is 0.894. The largest absolute Gasteiger partial charge is 0.481 e. The highest BCUT2D eigenvalue weighted by atomic mass is 19.1. The molecule has 120 valence electrons. The molecule has 2 fully saturated rings. The van der Waals surface area contributed by atoms with Crippen LogP contribution >= 0.6 is 0 Å². The number of carbonyl (C=O) groups excluding carboxylic acids is 1. The second-order valence-electron chi connectivity index (χ2n) is 6.62. The van der Waals surface area contributed by atoms with Gasteiger partial charge in [-0.15, -0.1) is 0 Å². The Labute approximate surface area is 132 Å². The van der Waals surface area contributed by atoms with E-state index in [1.807, 2.05) is 0 Å². The number of aromatic nitrogens is 1. The molecule has 0 unspecified atom stereocenters. The van der Waals surface area contributed by atoms with Crippen molar-refractivity contribution in [3.63, 3.8) is 0 Å². The highest BCUT2D eigenvalue weighted by Gasteiger charge is 2.55. The van der Waals surface area contributed by atoms with Crippen LogP contribution in [0.1, 0.15) is 29.8 Å². The number of carbonyl (C=O) groups is 2. The van der Waals surface area contributed by atoms with E-state index in [-0.39, 0.29) is 24.2 Å². The molecular weight excluding hydrogens is 299 g/mol. The Morgan fingerprint density at radius 3 is 2.91 bits per heavy atom. The number of aromatic amines is 1. The van der Waals surface area contributed by atoms with Gasteiger partial charge in [-0.05, 0) is 37.0 Å². The minimum atomic E-state index is -0.807. The molecule has 1 aromatic heterocycles. The van der Waals surface area contributed by atoms with Crippen molar-refractivity contribution in [1.82, 2.24) is 9.88 Å². The number of carboxylic acid groups (broad SMARTS) is 1. The van der Waals surface area contributed by atoms with E-state index >= 15 is 0 Å². The second-order valence-corrected chi connectivity index (χ2v) is 6.62. The maximum absolute atomic E-state index is 13.8. The van der Waals surface area contributed by atoms with Crippen LogP contribution < -0.4 is 0 Å². The maximum atomic E-state index is 13.8. The molecule has 1 aromatic carbocycles. The number of hydrogen-bond donors (Lipinski definition) is 2. The van der Waals surface area contributed by atoms with Crippen molar-refractivity contribution in [3.05, 3.63) is 35.8 Å². The summed E-state index contributed by atoms with van der Waals surface area (Å²) < 4.78 is 13.8. The topological polar surface area (TPSA) is 73.4 Å². The van der Waals surface area contributed by atoms with Crippen LogP contribution in [0.5, 0.6) is 0 Å². The van der Waals surface area contributed by atoms with Crippen LogP contribution in [0, 0.1) is 17.2 Å². The molecule has 0 radical (unpaired) electrons. The monoisotopic (exact) mass is 316 g/mol. The van der Waals surface area contributed by atoms with Crippen LogP contribution in [0.15, 0.2) is 24.3 Å². The van der Waals surface area contributed by atoms with Gasteiger partial charge in [0.15, 0.2) is 0 Å². The normalized spacial score (nSPS) is 26.7. The number of halogens is 1. The zero-order chi connectivity index (χ0) is 16.2. The van der Waals surface area contributed by atoms with E-state index in [1.54, 1.807) is 17.0 Å². The average molecular weight is 316 g/mol. The third kappa shape index (κ3) is 1.97. The highest BCUT2D eigenvalue weighted by Crippen LogP contribution is 2.49. The van der Waals surface area contributed by atoms with Crippen molar-refractivity contribution in [2.24, 2.45) is 11.3 Å². The molecule has 4 rings (SSSR count). The van der Waals surface area contributed by atoms with Crippen LogP contribution in [0.2, 0.25) is 0 Å². The Balaban J connectivity index is 1.65. The van der Waals surface area contributed by atoms with Gasteiger partial charge in [0.05, 0.1) is 5.41 Å². The summed E-state index contributed by atoms with van der Waals surface area (Å²) in [6.07, 6.45) is 2.37. The Morgan fingerprint density at radius 1 is 1.39 bits per heavy atom. The molecule has 2 N–H and O–H groups in total. The molecule has 1 aliphatic carbocycles. The Hall–Kier alpha value is -2.37. The molecule has 23 heavy (non-hydrogen) atoms. The van der Waals surface area contributed by atoms with Gasteiger partial charge in [0.25, 0.3) is 5.91 Å². The lowest BCUT2D eigenvalue weighted by Gasteiger charge is -2.23. The van der Waals surface area contributed by atoms with Crippen molar-refractivity contribution in [3.8, 4) is 0 Å². The molecule has 2 heterocycles. The summed E-state index contributed by atoms with van der Waals surface area (Å²) in [7, 11) is 0. The lowest BCUT2D eigenvalue weighted by molar-refractivity contribution is -0.149. The van der Waals surface area contributed by atoms with Crippen molar-refractivity contribution in [2.75, 3.05) is 13.1 Å². The zero-order valence-corrected chi connectivity index (χ0v) is 12.5. The Bertz CT molecular complexity index is 815. The smallest absolute Gasteiger partial charge is 0.311 e. The SMILES string of the molecule is O=C(c1cc2c(F)cccc2[nH]1)N1C[C@@H]2CCC[C@@]2(C(=O)O)C1. The van der Waals surface area contributed by atoms with Gasteiger partial charge in [-0.2, -0.15) is 0 Å². The van der Waals surface area contributed by atoms with Crippen LogP contribution in [-0.2, 0) is 4.79 Å². The van der Waals surface area contributed by atoms with E-state index < -0.39 is 11.4 Å². The predicted octanol–water partition coefficient (Wildman–Crippen LogP) is 2.63. The van der Waals surface area contributed by atoms with Gasteiger partial charge in [-0.25, -0.2) is 4.39 Å². The van der Waals surface area contributed by atoms with Crippen molar-refractivity contribution >= 4 is 22.8 Å². The highest BCUT2D eigenvalue weighted by molar-refractivity contribution is 5.98. The standard InChI is InChI=1S/C17H17FN2O3/c18-12-4-1-5-13-11(12)7-14(19-13)15(21)20-8-10-3-2-6-17(10,9-20)16(22)23/h1,4-5,7,10,19H,2-3,6,8-9H2,(H,22,23)/t10-,17+/m0/s1. The molecule has 1 saturated heterocycles. The fourth-order valence-electron chi connectivity index (χ4n) is 4.20. The summed E-state index contributed by atoms with van der Waals surface area (Å²) in [4.78, 5) is 28.9. The number of H-pyrrole nitrogens is 1. The molecule has 0 bridgehead atoms. The van der Waals surface area contributed by atoms with Gasteiger partial charge in [0.1, 0.15) is 11.5 Å². The number of likely N-dealkylation sites (tertiary alicyclic amines) is 1. The van der Waals surface area contributed by atoms with Gasteiger partial charge < -0.3 is 15.0 Å². The first-order valence-corrected chi connectivity index (χ1v) is 7.81. The number of nitrogens with zero attached hydrogens (tertiary/aromatic N) is 1. The molecule has 1 aliphatic heterocycles. The third-order valence-corrected chi connectivity index (χ3v) is 5.43. The van der Waals surface area contributed by atoms with Gasteiger partial charge in [-0.3, -0.25) is 9.59 Å². The lowest BCUT2D eigenvalue weighted by atomic mass is 9.81. The summed E-state index contributed by atoms with van der Waals surface area (Å²) in [6, 6.07) is 6.16. The number of fused-ring (bicyclic) bond motifs is 2. The van der Waals surface area contributed by atoms with Crippen LogP contribution in [0.4, 0.5) is 4.39 Å². The van der Waals surface area contributed by atoms with Crippen LogP contribution in [0.25, 0.3) is 10.9 Å². The fraction of sp³-hybridized carbons (Fsp3) is 0.412. The molecule has 2 aromatic rings. The molecule has 0 spiro atoms. The number of rotatable bonds is 2. The van der Waals surface area contributed by atoms with Crippen molar-refractivity contribution < 1.29 is 19.1 Å². The number of carboxylic acids is 1. The third-order valence-electron chi connectivity index (χ3n) is 5.43. The summed E-state index contributed by atoms with van der Waals surface area (Å²) in [5.41, 5.74) is 0.0821. The summed E-state index contributed by atoms with van der Waals surface area (Å²) in [5, 5.41) is 9.98. The molecular formula is C17H17FN2O3. The molecule has 5 nitrogen and oxygen atoms in total. The predicted molar refractivity (Wildman–Crippen MR) is 81.6 cm³/mol. The van der Waals surface area contributed by atoms with Crippen molar-refractivity contribution in [1.29, 1.82) is 0 Å². The fourth-order valence-corrected chi connectivity index (χ4v) is 4.20. The summed E-state index contributed by atoms with van der Waals surface area (Å²) in [6.45, 7) is 0.701. The number of benzene rings is 1. The maximum Gasteiger partial charge on any atom is 0.311 e. The van der Waals surface area contributed by atoms with Crippen molar-refractivity contribution in [2.45, 2.75) is 19.3 Å². The van der Waals surface area contributed by atoms with E-state index in [0.29, 0.717) is 29.6 Å². The first kappa shape index (κ1) is 14.2. The molecule has 2 atom stereocenters. The lowest BCUT2D eigenvalue weighted by Crippen LogP contribution is -2.37. The van der Waals surface area contributed by atoms with E-state index in [4.69, 9.17) is 0 Å². The van der Waals surface area contributed by atoms with E-state index in [9.17, 15) is 19.1 Å². The zero-order valence-electron chi connectivity index (χ0n) is 12.5. The Morgan fingerprint density at radius 2 is 2.22 bits per heavy atom. The first-order chi connectivity index (χ1) is 11.0. The second kappa shape index (κ2) is 4.81. The van der Waals surface area contributed by atoms with Gasteiger partial charge in [0, 0.05) is 24.0 Å². The molecule has 1 amide bonds. The first-order valence-electron chi connectivity index (χ1n) is 7.81. The van der Waals surface area contributed by atoms with Gasteiger partial charge >= 0.3 is 5.97 Å². The summed E-state index contributed by atoms with van der Waals surface area (Å²) in [5.74, 6) is -1.42. The minimum absolute atomic E-state index is 0.0186. The number of aliphatic carboxylic acids is 1. The molecule has 6 heteroatoms.